The quantitative estimate of drug-likeness (QED) is 0.779. The van der Waals surface area contributed by atoms with Crippen LogP contribution in [-0.2, 0) is 6.42 Å². The van der Waals surface area contributed by atoms with Gasteiger partial charge in [-0.15, -0.1) is 5.10 Å². The lowest BCUT2D eigenvalue weighted by molar-refractivity contribution is 0.102. The molecule has 5 nitrogen and oxygen atoms in total. The minimum Gasteiger partial charge on any atom is -0.321 e. The lowest BCUT2D eigenvalue weighted by Gasteiger charge is -2.04. The molecule has 0 atom stereocenters. The molecule has 3 aromatic rings. The van der Waals surface area contributed by atoms with Crippen LogP contribution in [0.2, 0.25) is 5.02 Å². The Bertz CT molecular complexity index is 871. The number of aryl methyl sites for hydroxylation is 2. The van der Waals surface area contributed by atoms with Crippen molar-refractivity contribution >= 4 is 23.2 Å². The van der Waals surface area contributed by atoms with Gasteiger partial charge in [-0.3, -0.25) is 4.79 Å². The summed E-state index contributed by atoms with van der Waals surface area (Å²) in [5.74, 6) is -0.287. The molecule has 0 saturated carbocycles. The van der Waals surface area contributed by atoms with Crippen LogP contribution >= 0.6 is 11.6 Å². The maximum Gasteiger partial charge on any atom is 0.278 e. The fourth-order valence-electron chi connectivity index (χ4n) is 2.32. The molecule has 0 aliphatic carbocycles. The van der Waals surface area contributed by atoms with E-state index in [0.717, 1.165) is 12.1 Å². The van der Waals surface area contributed by atoms with Crippen LogP contribution in [0.1, 0.15) is 28.7 Å². The second-order valence-corrected chi connectivity index (χ2v) is 5.84. The first kappa shape index (κ1) is 16.2. The summed E-state index contributed by atoms with van der Waals surface area (Å²) in [7, 11) is 0. The Morgan fingerprint density at radius 1 is 1.17 bits per heavy atom. The van der Waals surface area contributed by atoms with Crippen LogP contribution in [0.3, 0.4) is 0 Å². The molecule has 0 fully saturated rings. The standard InChI is InChI=1S/C18H17ClN4O/c1-3-13-7-9-15(10-8-13)20-18(24)17-12(2)21-23(22-17)16-6-4-5-14(19)11-16/h4-11H,3H2,1-2H3,(H,20,24). The Labute approximate surface area is 145 Å². The van der Waals surface area contributed by atoms with E-state index in [2.05, 4.69) is 22.4 Å². The molecule has 2 aromatic carbocycles. The van der Waals surface area contributed by atoms with Gasteiger partial charge in [0.15, 0.2) is 5.69 Å². The zero-order valence-electron chi connectivity index (χ0n) is 13.5. The molecule has 3 rings (SSSR count). The van der Waals surface area contributed by atoms with Crippen molar-refractivity contribution in [2.24, 2.45) is 0 Å². The second-order valence-electron chi connectivity index (χ2n) is 5.41. The van der Waals surface area contributed by atoms with Crippen LogP contribution in [0.15, 0.2) is 48.5 Å². The van der Waals surface area contributed by atoms with Crippen LogP contribution in [0, 0.1) is 6.92 Å². The second kappa shape index (κ2) is 6.84. The van der Waals surface area contributed by atoms with Gasteiger partial charge >= 0.3 is 0 Å². The topological polar surface area (TPSA) is 59.8 Å². The van der Waals surface area contributed by atoms with E-state index in [1.54, 1.807) is 19.1 Å². The van der Waals surface area contributed by atoms with Gasteiger partial charge in [0, 0.05) is 10.7 Å². The Morgan fingerprint density at radius 2 is 1.92 bits per heavy atom. The summed E-state index contributed by atoms with van der Waals surface area (Å²) in [4.78, 5) is 13.9. The van der Waals surface area contributed by atoms with Crippen molar-refractivity contribution in [3.63, 3.8) is 0 Å². The van der Waals surface area contributed by atoms with Crippen molar-refractivity contribution < 1.29 is 4.79 Å². The number of halogens is 1. The van der Waals surface area contributed by atoms with E-state index in [0.29, 0.717) is 16.4 Å². The Kier molecular flexibility index (Phi) is 4.62. The summed E-state index contributed by atoms with van der Waals surface area (Å²) in [6.07, 6.45) is 0.960. The fraction of sp³-hybridized carbons (Fsp3) is 0.167. The van der Waals surface area contributed by atoms with Crippen molar-refractivity contribution in [1.82, 2.24) is 15.0 Å². The number of hydrogen-bond acceptors (Lipinski definition) is 3. The lowest BCUT2D eigenvalue weighted by atomic mass is 10.1. The van der Waals surface area contributed by atoms with E-state index < -0.39 is 0 Å². The van der Waals surface area contributed by atoms with E-state index in [1.807, 2.05) is 36.4 Å². The first-order valence-electron chi connectivity index (χ1n) is 7.67. The molecule has 0 saturated heterocycles. The van der Waals surface area contributed by atoms with Crippen molar-refractivity contribution in [1.29, 1.82) is 0 Å². The lowest BCUT2D eigenvalue weighted by Crippen LogP contribution is -2.14. The minimum absolute atomic E-state index is 0.287. The summed E-state index contributed by atoms with van der Waals surface area (Å²) >= 11 is 5.99. The first-order valence-corrected chi connectivity index (χ1v) is 8.05. The molecule has 0 radical (unpaired) electrons. The van der Waals surface area contributed by atoms with E-state index in [4.69, 9.17) is 11.6 Å². The molecule has 0 spiro atoms. The highest BCUT2D eigenvalue weighted by Crippen LogP contribution is 2.16. The Hall–Kier alpha value is -2.66. The summed E-state index contributed by atoms with van der Waals surface area (Å²) in [6, 6.07) is 14.9. The average Bonchev–Trinajstić information content (AvgIpc) is 2.97. The number of nitrogens with zero attached hydrogens (tertiary/aromatic N) is 3. The smallest absolute Gasteiger partial charge is 0.278 e. The number of benzene rings is 2. The molecule has 0 unspecified atom stereocenters. The van der Waals surface area contributed by atoms with Gasteiger partial charge in [0.25, 0.3) is 5.91 Å². The predicted octanol–water partition coefficient (Wildman–Crippen LogP) is 4.04. The molecular weight excluding hydrogens is 324 g/mol. The van der Waals surface area contributed by atoms with Crippen LogP contribution in [-0.4, -0.2) is 20.9 Å². The third kappa shape index (κ3) is 3.46. The zero-order valence-corrected chi connectivity index (χ0v) is 14.2. The van der Waals surface area contributed by atoms with Gasteiger partial charge in [0.1, 0.15) is 0 Å². The number of carbonyl (C=O) groups is 1. The third-order valence-electron chi connectivity index (χ3n) is 3.66. The van der Waals surface area contributed by atoms with E-state index >= 15 is 0 Å². The molecule has 6 heteroatoms. The number of rotatable bonds is 4. The average molecular weight is 341 g/mol. The summed E-state index contributed by atoms with van der Waals surface area (Å²) in [6.45, 7) is 3.84. The number of amides is 1. The van der Waals surface area contributed by atoms with Gasteiger partial charge in [-0.2, -0.15) is 9.90 Å². The number of nitrogens with one attached hydrogen (secondary N) is 1. The molecule has 1 aromatic heterocycles. The molecule has 1 amide bonds. The number of anilines is 1. The number of aromatic nitrogens is 3. The van der Waals surface area contributed by atoms with Gasteiger partial charge in [0.05, 0.1) is 11.4 Å². The minimum atomic E-state index is -0.287. The maximum atomic E-state index is 12.4. The van der Waals surface area contributed by atoms with Crippen LogP contribution in [0.25, 0.3) is 5.69 Å². The van der Waals surface area contributed by atoms with E-state index in [1.165, 1.54) is 10.4 Å². The fourth-order valence-corrected chi connectivity index (χ4v) is 2.50. The van der Waals surface area contributed by atoms with Crippen LogP contribution < -0.4 is 5.32 Å². The maximum absolute atomic E-state index is 12.4. The van der Waals surface area contributed by atoms with Crippen LogP contribution in [0.4, 0.5) is 5.69 Å². The van der Waals surface area contributed by atoms with E-state index in [9.17, 15) is 4.79 Å². The van der Waals surface area contributed by atoms with E-state index in [-0.39, 0.29) is 11.6 Å². The van der Waals surface area contributed by atoms with Crippen molar-refractivity contribution in [3.05, 3.63) is 70.5 Å². The van der Waals surface area contributed by atoms with Crippen molar-refractivity contribution in [2.75, 3.05) is 5.32 Å². The van der Waals surface area contributed by atoms with Gasteiger partial charge < -0.3 is 5.32 Å². The first-order chi connectivity index (χ1) is 11.6. The van der Waals surface area contributed by atoms with Gasteiger partial charge in [-0.25, -0.2) is 0 Å². The molecule has 0 bridgehead atoms. The SMILES string of the molecule is CCc1ccc(NC(=O)c2nn(-c3cccc(Cl)c3)nc2C)cc1. The van der Waals surface area contributed by atoms with Gasteiger partial charge in [-0.1, -0.05) is 36.7 Å². The largest absolute Gasteiger partial charge is 0.321 e. The monoisotopic (exact) mass is 340 g/mol. The molecule has 0 aliphatic rings. The third-order valence-corrected chi connectivity index (χ3v) is 3.89. The summed E-state index contributed by atoms with van der Waals surface area (Å²) < 4.78 is 0. The van der Waals surface area contributed by atoms with Crippen molar-refractivity contribution in [2.45, 2.75) is 20.3 Å². The Morgan fingerprint density at radius 3 is 2.58 bits per heavy atom. The molecule has 1 heterocycles. The van der Waals surface area contributed by atoms with Crippen LogP contribution in [0.5, 0.6) is 0 Å². The molecule has 0 aliphatic heterocycles. The summed E-state index contributed by atoms with van der Waals surface area (Å²) in [5.41, 5.74) is 3.49. The van der Waals surface area contributed by atoms with Crippen molar-refractivity contribution in [3.8, 4) is 5.69 Å². The van der Waals surface area contributed by atoms with Gasteiger partial charge in [0.2, 0.25) is 0 Å². The highest BCUT2D eigenvalue weighted by molar-refractivity contribution is 6.30. The number of carbonyl (C=O) groups excluding carboxylic acids is 1. The van der Waals surface area contributed by atoms with Gasteiger partial charge in [-0.05, 0) is 49.2 Å². The summed E-state index contributed by atoms with van der Waals surface area (Å²) in [5, 5.41) is 12.0. The molecular formula is C18H17ClN4O. The predicted molar refractivity (Wildman–Crippen MR) is 94.9 cm³/mol. The Balaban J connectivity index is 1.82. The zero-order chi connectivity index (χ0) is 17.1. The normalized spacial score (nSPS) is 10.6. The highest BCUT2D eigenvalue weighted by atomic mass is 35.5. The molecule has 122 valence electrons. The number of hydrogen-bond donors (Lipinski definition) is 1. The highest BCUT2D eigenvalue weighted by Gasteiger charge is 2.16. The molecule has 24 heavy (non-hydrogen) atoms. The molecule has 1 N–H and O–H groups in total.